The number of carboxylic acid groups (broad SMARTS) is 1. The fraction of sp³-hybridized carbons (Fsp3) is 0.0833. The van der Waals surface area contributed by atoms with Crippen LogP contribution in [-0.2, 0) is 11.3 Å². The number of para-hydroxylation sites is 1. The van der Waals surface area contributed by atoms with E-state index in [2.05, 4.69) is 10.3 Å². The smallest absolute Gasteiger partial charge is 0.351 e. The van der Waals surface area contributed by atoms with Crippen molar-refractivity contribution >= 4 is 22.9 Å². The number of aromatic nitrogens is 1. The molecule has 0 fully saturated rings. The molecule has 0 aliphatic carbocycles. The molecule has 0 radical (unpaired) electrons. The van der Waals surface area contributed by atoms with Crippen molar-refractivity contribution in [2.24, 2.45) is 0 Å². The zero-order valence-corrected chi connectivity index (χ0v) is 8.45. The van der Waals surface area contributed by atoms with Crippen LogP contribution in [0.1, 0.15) is 11.3 Å². The summed E-state index contributed by atoms with van der Waals surface area (Å²) < 4.78 is 0. The predicted octanol–water partition coefficient (Wildman–Crippen LogP) is 1.70. The monoisotopic (exact) mass is 214 g/mol. The van der Waals surface area contributed by atoms with Crippen LogP contribution in [0.3, 0.4) is 0 Å². The van der Waals surface area contributed by atoms with Crippen molar-refractivity contribution in [2.75, 3.05) is 0 Å². The number of carboxylic acids is 1. The minimum absolute atomic E-state index is 0.247. The van der Waals surface area contributed by atoms with Crippen LogP contribution in [0.25, 0.3) is 17.0 Å². The molecule has 80 valence electrons. The topological polar surface area (TPSA) is 65.1 Å². The first-order valence-electron chi connectivity index (χ1n) is 5.04. The van der Waals surface area contributed by atoms with Crippen LogP contribution in [0, 0.1) is 0 Å². The van der Waals surface area contributed by atoms with Crippen LogP contribution in [0.5, 0.6) is 0 Å². The highest BCUT2D eigenvalue weighted by atomic mass is 16.4. The lowest BCUT2D eigenvalue weighted by Gasteiger charge is -2.12. The molecule has 0 saturated carbocycles. The number of rotatable bonds is 1. The Morgan fingerprint density at radius 1 is 1.31 bits per heavy atom. The van der Waals surface area contributed by atoms with E-state index < -0.39 is 5.97 Å². The number of aromatic amines is 1. The van der Waals surface area contributed by atoms with E-state index in [1.807, 2.05) is 24.3 Å². The summed E-state index contributed by atoms with van der Waals surface area (Å²) in [5, 5.41) is 12.9. The van der Waals surface area contributed by atoms with Crippen molar-refractivity contribution in [3.8, 4) is 0 Å². The highest BCUT2D eigenvalue weighted by Gasteiger charge is 2.17. The summed E-state index contributed by atoms with van der Waals surface area (Å²) in [4.78, 5) is 14.2. The highest BCUT2D eigenvalue weighted by molar-refractivity contribution is 5.98. The lowest BCUT2D eigenvalue weighted by molar-refractivity contribution is -0.133. The Balaban J connectivity index is 2.26. The number of benzene rings is 1. The summed E-state index contributed by atoms with van der Waals surface area (Å²) in [7, 11) is 0. The van der Waals surface area contributed by atoms with Gasteiger partial charge in [-0.2, -0.15) is 0 Å². The largest absolute Gasteiger partial charge is 0.477 e. The van der Waals surface area contributed by atoms with E-state index in [-0.39, 0.29) is 5.70 Å². The van der Waals surface area contributed by atoms with E-state index in [0.29, 0.717) is 6.54 Å². The molecule has 2 aromatic rings. The van der Waals surface area contributed by atoms with Crippen LogP contribution in [0.15, 0.2) is 30.0 Å². The minimum Gasteiger partial charge on any atom is -0.477 e. The average Bonchev–Trinajstić information content (AvgIpc) is 2.66. The molecule has 2 heterocycles. The van der Waals surface area contributed by atoms with Gasteiger partial charge in [-0.1, -0.05) is 18.2 Å². The van der Waals surface area contributed by atoms with Crippen LogP contribution in [0.4, 0.5) is 0 Å². The normalized spacial score (nSPS) is 14.1. The van der Waals surface area contributed by atoms with Crippen molar-refractivity contribution in [3.63, 3.8) is 0 Å². The van der Waals surface area contributed by atoms with Gasteiger partial charge in [-0.05, 0) is 12.1 Å². The van der Waals surface area contributed by atoms with Gasteiger partial charge in [0.15, 0.2) is 0 Å². The SMILES string of the molecule is O=C(O)C1=Cc2c([nH]c3ccccc23)CN1. The fourth-order valence-electron chi connectivity index (χ4n) is 2.04. The molecule has 0 amide bonds. The molecular weight excluding hydrogens is 204 g/mol. The number of nitrogens with one attached hydrogen (secondary N) is 2. The fourth-order valence-corrected chi connectivity index (χ4v) is 2.04. The van der Waals surface area contributed by atoms with Gasteiger partial charge in [0.1, 0.15) is 5.70 Å². The van der Waals surface area contributed by atoms with Gasteiger partial charge in [0.05, 0.1) is 6.54 Å². The van der Waals surface area contributed by atoms with E-state index in [1.54, 1.807) is 6.08 Å². The van der Waals surface area contributed by atoms with Crippen molar-refractivity contribution in [2.45, 2.75) is 6.54 Å². The molecule has 16 heavy (non-hydrogen) atoms. The van der Waals surface area contributed by atoms with Gasteiger partial charge in [-0.3, -0.25) is 0 Å². The van der Waals surface area contributed by atoms with E-state index in [9.17, 15) is 4.79 Å². The molecule has 4 heteroatoms. The maximum absolute atomic E-state index is 10.9. The first-order valence-corrected chi connectivity index (χ1v) is 5.04. The summed E-state index contributed by atoms with van der Waals surface area (Å²) in [5.41, 5.74) is 3.30. The van der Waals surface area contributed by atoms with Gasteiger partial charge in [-0.25, -0.2) is 4.79 Å². The van der Waals surface area contributed by atoms with Gasteiger partial charge in [-0.15, -0.1) is 0 Å². The Morgan fingerprint density at radius 3 is 2.94 bits per heavy atom. The maximum Gasteiger partial charge on any atom is 0.351 e. The first kappa shape index (κ1) is 9.03. The Bertz CT molecular complexity index is 611. The molecule has 4 nitrogen and oxygen atoms in total. The van der Waals surface area contributed by atoms with E-state index >= 15 is 0 Å². The summed E-state index contributed by atoms with van der Waals surface area (Å²) >= 11 is 0. The molecule has 1 aliphatic heterocycles. The quantitative estimate of drug-likeness (QED) is 0.676. The van der Waals surface area contributed by atoms with Crippen molar-refractivity contribution in [1.29, 1.82) is 0 Å². The van der Waals surface area contributed by atoms with Gasteiger partial charge < -0.3 is 15.4 Å². The summed E-state index contributed by atoms with van der Waals surface area (Å²) in [6.07, 6.45) is 1.68. The van der Waals surface area contributed by atoms with Gasteiger partial charge in [0.25, 0.3) is 0 Å². The van der Waals surface area contributed by atoms with Gasteiger partial charge >= 0.3 is 5.97 Å². The van der Waals surface area contributed by atoms with E-state index in [1.165, 1.54) is 0 Å². The molecule has 1 aromatic heterocycles. The number of aliphatic carboxylic acids is 1. The average molecular weight is 214 g/mol. The Labute approximate surface area is 91.6 Å². The number of carbonyl (C=O) groups is 1. The van der Waals surface area contributed by atoms with E-state index in [4.69, 9.17) is 5.11 Å². The van der Waals surface area contributed by atoms with Gasteiger partial charge in [0.2, 0.25) is 0 Å². The summed E-state index contributed by atoms with van der Waals surface area (Å²) in [6, 6.07) is 7.89. The summed E-state index contributed by atoms with van der Waals surface area (Å²) in [5.74, 6) is -0.920. The van der Waals surface area contributed by atoms with Crippen LogP contribution < -0.4 is 5.32 Å². The molecule has 0 saturated heterocycles. The molecule has 3 N–H and O–H groups in total. The number of hydrogen-bond acceptors (Lipinski definition) is 2. The lowest BCUT2D eigenvalue weighted by atomic mass is 10.1. The second-order valence-corrected chi connectivity index (χ2v) is 3.78. The molecular formula is C12H10N2O2. The Morgan fingerprint density at radius 2 is 2.12 bits per heavy atom. The second kappa shape index (κ2) is 3.13. The lowest BCUT2D eigenvalue weighted by Crippen LogP contribution is -2.23. The molecule has 0 unspecified atom stereocenters. The van der Waals surface area contributed by atoms with Crippen LogP contribution in [0.2, 0.25) is 0 Å². The van der Waals surface area contributed by atoms with Crippen LogP contribution in [-0.4, -0.2) is 16.1 Å². The standard InChI is InChI=1S/C12H10N2O2/c15-12(16)10-5-8-7-3-1-2-4-9(7)14-11(8)6-13-10/h1-5,13-14H,6H2,(H,15,16). The highest BCUT2D eigenvalue weighted by Crippen LogP contribution is 2.26. The third-order valence-electron chi connectivity index (χ3n) is 2.80. The predicted molar refractivity (Wildman–Crippen MR) is 60.8 cm³/mol. The molecule has 3 rings (SSSR count). The molecule has 0 bridgehead atoms. The number of H-pyrrole nitrogens is 1. The Kier molecular flexibility index (Phi) is 1.77. The Hall–Kier alpha value is -2.23. The number of hydrogen-bond donors (Lipinski definition) is 3. The minimum atomic E-state index is -0.920. The second-order valence-electron chi connectivity index (χ2n) is 3.78. The van der Waals surface area contributed by atoms with E-state index in [0.717, 1.165) is 22.2 Å². The molecule has 0 atom stereocenters. The zero-order valence-electron chi connectivity index (χ0n) is 8.45. The van der Waals surface area contributed by atoms with Crippen molar-refractivity contribution in [3.05, 3.63) is 41.2 Å². The van der Waals surface area contributed by atoms with Gasteiger partial charge in [0, 0.05) is 22.2 Å². The third kappa shape index (κ3) is 1.20. The molecule has 0 spiro atoms. The van der Waals surface area contributed by atoms with Crippen molar-refractivity contribution < 1.29 is 9.90 Å². The van der Waals surface area contributed by atoms with Crippen molar-refractivity contribution in [1.82, 2.24) is 10.3 Å². The maximum atomic E-state index is 10.9. The molecule has 1 aromatic carbocycles. The zero-order chi connectivity index (χ0) is 11.1. The third-order valence-corrected chi connectivity index (χ3v) is 2.80. The summed E-state index contributed by atoms with van der Waals surface area (Å²) in [6.45, 7) is 0.530. The molecule has 1 aliphatic rings. The number of fused-ring (bicyclic) bond motifs is 3. The first-order chi connectivity index (χ1) is 7.75. The van der Waals surface area contributed by atoms with Crippen LogP contribution >= 0.6 is 0 Å².